The van der Waals surface area contributed by atoms with E-state index in [4.69, 9.17) is 0 Å². The zero-order valence-electron chi connectivity index (χ0n) is 15.6. The number of nitrogens with zero attached hydrogens (tertiary/aromatic N) is 2. The van der Waals surface area contributed by atoms with E-state index in [0.717, 1.165) is 25.7 Å². The summed E-state index contributed by atoms with van der Waals surface area (Å²) in [6.45, 7) is 4.10. The Kier molecular flexibility index (Phi) is 6.27. The molecule has 27 heavy (non-hydrogen) atoms. The molecular weight excluding hydrogens is 352 g/mol. The van der Waals surface area contributed by atoms with Crippen molar-refractivity contribution in [2.45, 2.75) is 50.7 Å². The largest absolute Gasteiger partial charge is 0.335 e. The third-order valence-corrected chi connectivity index (χ3v) is 4.89. The Balaban J connectivity index is 1.33. The summed E-state index contributed by atoms with van der Waals surface area (Å²) in [5, 5.41) is 10.1. The van der Waals surface area contributed by atoms with Crippen molar-refractivity contribution in [3.63, 3.8) is 0 Å². The summed E-state index contributed by atoms with van der Waals surface area (Å²) >= 11 is 0. The van der Waals surface area contributed by atoms with Crippen LogP contribution >= 0.6 is 0 Å². The highest BCUT2D eigenvalue weighted by molar-refractivity contribution is 5.96. The van der Waals surface area contributed by atoms with Gasteiger partial charge in [-0.15, -0.1) is 0 Å². The van der Waals surface area contributed by atoms with Crippen LogP contribution in [0, 0.1) is 0 Å². The lowest BCUT2D eigenvalue weighted by atomic mass is 10.2. The second-order valence-electron chi connectivity index (χ2n) is 7.65. The van der Waals surface area contributed by atoms with E-state index in [1.807, 2.05) is 16.7 Å². The van der Waals surface area contributed by atoms with Crippen molar-refractivity contribution in [1.29, 1.82) is 0 Å². The molecule has 1 atom stereocenters. The lowest BCUT2D eigenvalue weighted by molar-refractivity contribution is -0.124. The van der Waals surface area contributed by atoms with Crippen LogP contribution in [-0.4, -0.2) is 84.5 Å². The van der Waals surface area contributed by atoms with Crippen LogP contribution in [0.1, 0.15) is 32.6 Å². The number of carbonyl (C=O) groups excluding carboxylic acids is 4. The molecule has 2 saturated carbocycles. The van der Waals surface area contributed by atoms with Crippen LogP contribution in [0.2, 0.25) is 0 Å². The van der Waals surface area contributed by atoms with Gasteiger partial charge in [0.2, 0.25) is 11.8 Å². The highest BCUT2D eigenvalue weighted by Gasteiger charge is 2.29. The average Bonchev–Trinajstić information content (AvgIpc) is 3.47. The minimum absolute atomic E-state index is 0.0593. The van der Waals surface area contributed by atoms with Crippen LogP contribution in [0.5, 0.6) is 0 Å². The van der Waals surface area contributed by atoms with Crippen molar-refractivity contribution in [2.24, 2.45) is 0 Å². The predicted molar refractivity (Wildman–Crippen MR) is 96.9 cm³/mol. The molecule has 10 heteroatoms. The first-order valence-electron chi connectivity index (χ1n) is 9.56. The van der Waals surface area contributed by atoms with Gasteiger partial charge in [0.15, 0.2) is 0 Å². The number of hydrogen-bond donors (Lipinski definition) is 4. The summed E-state index contributed by atoms with van der Waals surface area (Å²) in [6, 6.07) is -0.397. The number of hydrogen-bond acceptors (Lipinski definition) is 6. The summed E-state index contributed by atoms with van der Waals surface area (Å²) < 4.78 is 0. The molecule has 0 aromatic heterocycles. The zero-order valence-corrected chi connectivity index (χ0v) is 15.6. The van der Waals surface area contributed by atoms with E-state index in [9.17, 15) is 19.2 Å². The maximum atomic E-state index is 12.0. The van der Waals surface area contributed by atoms with Gasteiger partial charge in [-0.25, -0.2) is 9.59 Å². The third kappa shape index (κ3) is 6.79. The lowest BCUT2D eigenvalue weighted by Gasteiger charge is -2.39. The van der Waals surface area contributed by atoms with Crippen molar-refractivity contribution < 1.29 is 19.2 Å². The molecule has 1 heterocycles. The second-order valence-corrected chi connectivity index (χ2v) is 7.65. The monoisotopic (exact) mass is 380 g/mol. The fraction of sp³-hybridized carbons (Fsp3) is 0.765. The minimum Gasteiger partial charge on any atom is -0.335 e. The zero-order chi connectivity index (χ0) is 19.4. The first-order chi connectivity index (χ1) is 12.9. The SMILES string of the molecule is CC1CN(CC(=O)NC(=O)NC2CC2)CCN1CC(=O)NC(=O)NC1CC1. The molecule has 4 N–H and O–H groups in total. The van der Waals surface area contributed by atoms with Crippen molar-refractivity contribution in [3.8, 4) is 0 Å². The Hall–Kier alpha value is -2.20. The van der Waals surface area contributed by atoms with Gasteiger partial charge >= 0.3 is 12.1 Å². The van der Waals surface area contributed by atoms with Gasteiger partial charge in [-0.2, -0.15) is 0 Å². The predicted octanol–water partition coefficient (Wildman–Crippen LogP) is -1.03. The van der Waals surface area contributed by atoms with Gasteiger partial charge < -0.3 is 10.6 Å². The molecule has 1 unspecified atom stereocenters. The van der Waals surface area contributed by atoms with Gasteiger partial charge in [-0.3, -0.25) is 30.0 Å². The van der Waals surface area contributed by atoms with Crippen LogP contribution in [0.15, 0.2) is 0 Å². The number of imide groups is 2. The van der Waals surface area contributed by atoms with Crippen LogP contribution in [0.25, 0.3) is 0 Å². The Morgan fingerprint density at radius 2 is 1.33 bits per heavy atom. The summed E-state index contributed by atoms with van der Waals surface area (Å²) in [6.07, 6.45) is 3.88. The van der Waals surface area contributed by atoms with E-state index in [0.29, 0.717) is 19.6 Å². The third-order valence-electron chi connectivity index (χ3n) is 4.89. The Morgan fingerprint density at radius 3 is 1.81 bits per heavy atom. The van der Waals surface area contributed by atoms with Gasteiger partial charge in [-0.1, -0.05) is 0 Å². The molecule has 150 valence electrons. The van der Waals surface area contributed by atoms with Crippen LogP contribution in [0.4, 0.5) is 9.59 Å². The van der Waals surface area contributed by atoms with E-state index >= 15 is 0 Å². The van der Waals surface area contributed by atoms with Crippen molar-refractivity contribution in [2.75, 3.05) is 32.7 Å². The quantitative estimate of drug-likeness (QED) is 0.467. The maximum Gasteiger partial charge on any atom is 0.321 e. The molecular formula is C17H28N6O4. The van der Waals surface area contributed by atoms with Gasteiger partial charge in [0.1, 0.15) is 0 Å². The van der Waals surface area contributed by atoms with Crippen molar-refractivity contribution in [3.05, 3.63) is 0 Å². The molecule has 3 fully saturated rings. The number of urea groups is 2. The van der Waals surface area contributed by atoms with Gasteiger partial charge in [0.25, 0.3) is 0 Å². The Morgan fingerprint density at radius 1 is 0.815 bits per heavy atom. The topological polar surface area (TPSA) is 123 Å². The van der Waals surface area contributed by atoms with Gasteiger partial charge in [-0.05, 0) is 32.6 Å². The van der Waals surface area contributed by atoms with E-state index in [1.54, 1.807) is 0 Å². The summed E-state index contributed by atoms with van der Waals surface area (Å²) in [5.74, 6) is -0.661. The average molecular weight is 380 g/mol. The summed E-state index contributed by atoms with van der Waals surface area (Å²) in [4.78, 5) is 51.1. The fourth-order valence-corrected chi connectivity index (χ4v) is 3.07. The second kappa shape index (κ2) is 8.66. The molecule has 0 bridgehead atoms. The number of piperazine rings is 1. The molecule has 0 radical (unpaired) electrons. The Labute approximate surface area is 158 Å². The van der Waals surface area contributed by atoms with E-state index in [1.165, 1.54) is 0 Å². The number of rotatable bonds is 6. The molecule has 0 spiro atoms. The van der Waals surface area contributed by atoms with E-state index in [-0.39, 0.29) is 43.0 Å². The van der Waals surface area contributed by atoms with Crippen molar-refractivity contribution >= 4 is 23.9 Å². The molecule has 6 amide bonds. The molecule has 10 nitrogen and oxygen atoms in total. The minimum atomic E-state index is -0.435. The number of nitrogens with one attached hydrogen (secondary N) is 4. The molecule has 2 aliphatic carbocycles. The van der Waals surface area contributed by atoms with Crippen LogP contribution in [0.3, 0.4) is 0 Å². The van der Waals surface area contributed by atoms with Gasteiger partial charge in [0, 0.05) is 37.8 Å². The molecule has 3 rings (SSSR count). The van der Waals surface area contributed by atoms with E-state index in [2.05, 4.69) is 21.3 Å². The molecule has 0 aromatic carbocycles. The smallest absolute Gasteiger partial charge is 0.321 e. The summed E-state index contributed by atoms with van der Waals surface area (Å²) in [7, 11) is 0. The van der Waals surface area contributed by atoms with E-state index < -0.39 is 12.1 Å². The first kappa shape index (κ1) is 19.6. The van der Waals surface area contributed by atoms with Crippen LogP contribution in [-0.2, 0) is 9.59 Å². The first-order valence-corrected chi connectivity index (χ1v) is 9.56. The normalized spacial score (nSPS) is 23.4. The summed E-state index contributed by atoms with van der Waals surface area (Å²) in [5.41, 5.74) is 0. The maximum absolute atomic E-state index is 12.0. The highest BCUT2D eigenvalue weighted by atomic mass is 16.2. The van der Waals surface area contributed by atoms with Crippen molar-refractivity contribution in [1.82, 2.24) is 31.1 Å². The Bertz CT molecular complexity index is 604. The molecule has 1 aliphatic heterocycles. The number of carbonyl (C=O) groups is 4. The molecule has 1 saturated heterocycles. The molecule has 3 aliphatic rings. The van der Waals surface area contributed by atoms with Gasteiger partial charge in [0.05, 0.1) is 13.1 Å². The lowest BCUT2D eigenvalue weighted by Crippen LogP contribution is -2.57. The molecule has 0 aromatic rings. The number of amides is 6. The highest BCUT2D eigenvalue weighted by Crippen LogP contribution is 2.18. The standard InChI is InChI=1S/C17H28N6O4/c1-11-8-22(9-14(24)20-16(26)18-12-2-3-12)6-7-23(11)10-15(25)21-17(27)19-13-4-5-13/h11-13H,2-10H2,1H3,(H2,18,20,24,26)(H2,19,21,25,27). The van der Waals surface area contributed by atoms with Crippen LogP contribution < -0.4 is 21.3 Å². The fourth-order valence-electron chi connectivity index (χ4n) is 3.07.